The topological polar surface area (TPSA) is 66.0 Å². The van der Waals surface area contributed by atoms with Crippen LogP contribution in [-0.2, 0) is 11.2 Å². The number of nitrogens with zero attached hydrogens (tertiary/aromatic N) is 2. The van der Waals surface area contributed by atoms with Gasteiger partial charge < -0.3 is 20.3 Å². The van der Waals surface area contributed by atoms with Gasteiger partial charge in [-0.3, -0.25) is 4.79 Å². The molecule has 0 spiro atoms. The Balaban J connectivity index is 0.00000420. The third-order valence-corrected chi connectivity index (χ3v) is 4.77. The van der Waals surface area contributed by atoms with E-state index in [1.54, 1.807) is 43.6 Å². The summed E-state index contributed by atoms with van der Waals surface area (Å²) in [5.74, 6) is 0.253. The molecule has 0 aliphatic rings. The SMILES string of the molecule is CC(CNC(=NCC(=O)N(C)C)NCCc1cccs1)Oc1ccccc1F.I. The Kier molecular flexibility index (Phi) is 11.6. The Morgan fingerprint density at radius 2 is 2.00 bits per heavy atom. The quantitative estimate of drug-likeness (QED) is 0.295. The average Bonchev–Trinajstić information content (AvgIpc) is 3.18. The largest absolute Gasteiger partial charge is 0.486 e. The van der Waals surface area contributed by atoms with E-state index in [0.29, 0.717) is 19.0 Å². The number of thiophene rings is 1. The van der Waals surface area contributed by atoms with Crippen LogP contribution in [0.5, 0.6) is 5.75 Å². The van der Waals surface area contributed by atoms with Gasteiger partial charge >= 0.3 is 0 Å². The second kappa shape index (κ2) is 13.4. The van der Waals surface area contributed by atoms with Crippen molar-refractivity contribution in [2.24, 2.45) is 4.99 Å². The fourth-order valence-electron chi connectivity index (χ4n) is 2.26. The Bertz CT molecular complexity index is 772. The number of aliphatic imine (C=N–C) groups is 1. The van der Waals surface area contributed by atoms with Crippen LogP contribution in [0, 0.1) is 5.82 Å². The lowest BCUT2D eigenvalue weighted by Gasteiger charge is -2.18. The zero-order chi connectivity index (χ0) is 20.4. The van der Waals surface area contributed by atoms with Crippen molar-refractivity contribution in [3.05, 3.63) is 52.5 Å². The molecule has 0 saturated carbocycles. The summed E-state index contributed by atoms with van der Waals surface area (Å²) in [6.45, 7) is 2.98. The number of para-hydroxylation sites is 1. The molecule has 0 aliphatic heterocycles. The molecule has 2 aromatic rings. The molecule has 1 aromatic heterocycles. The summed E-state index contributed by atoms with van der Waals surface area (Å²) in [6, 6.07) is 10.4. The number of halogens is 2. The highest BCUT2D eigenvalue weighted by molar-refractivity contribution is 14.0. The molecule has 2 rings (SSSR count). The molecule has 0 aliphatic carbocycles. The molecule has 0 bridgehead atoms. The summed E-state index contributed by atoms with van der Waals surface area (Å²) in [4.78, 5) is 18.9. The minimum Gasteiger partial charge on any atom is -0.486 e. The van der Waals surface area contributed by atoms with E-state index in [1.165, 1.54) is 15.8 Å². The van der Waals surface area contributed by atoms with Gasteiger partial charge in [-0.15, -0.1) is 35.3 Å². The van der Waals surface area contributed by atoms with Crippen molar-refractivity contribution in [3.63, 3.8) is 0 Å². The summed E-state index contributed by atoms with van der Waals surface area (Å²) in [6.07, 6.45) is 0.576. The minimum atomic E-state index is -0.395. The van der Waals surface area contributed by atoms with E-state index >= 15 is 0 Å². The van der Waals surface area contributed by atoms with Crippen LogP contribution in [0.15, 0.2) is 46.8 Å². The van der Waals surface area contributed by atoms with E-state index in [9.17, 15) is 9.18 Å². The third-order valence-electron chi connectivity index (χ3n) is 3.84. The maximum atomic E-state index is 13.7. The standard InChI is InChI=1S/C20H27FN4O2S.HI/c1-15(27-18-9-5-4-8-17(18)21)13-23-20(24-14-19(26)25(2)3)22-11-10-16-7-6-12-28-16;/h4-9,12,15H,10-11,13-14H2,1-3H3,(H2,22,23,24);1H. The molecule has 0 fully saturated rings. The lowest BCUT2D eigenvalue weighted by molar-refractivity contribution is -0.127. The molecule has 2 N–H and O–H groups in total. The molecule has 1 atom stereocenters. The molecule has 6 nitrogen and oxygen atoms in total. The number of benzene rings is 1. The lowest BCUT2D eigenvalue weighted by atomic mass is 10.3. The van der Waals surface area contributed by atoms with E-state index in [1.807, 2.05) is 18.4 Å². The number of amides is 1. The molecular formula is C20H28FIN4O2S. The highest BCUT2D eigenvalue weighted by atomic mass is 127. The van der Waals surface area contributed by atoms with Gasteiger partial charge in [-0.25, -0.2) is 9.38 Å². The molecular weight excluding hydrogens is 506 g/mol. The monoisotopic (exact) mass is 534 g/mol. The third kappa shape index (κ3) is 9.44. The molecule has 1 aromatic carbocycles. The van der Waals surface area contributed by atoms with Gasteiger partial charge in [0.15, 0.2) is 17.5 Å². The van der Waals surface area contributed by atoms with Crippen molar-refractivity contribution in [2.45, 2.75) is 19.4 Å². The van der Waals surface area contributed by atoms with Gasteiger partial charge in [-0.2, -0.15) is 0 Å². The maximum Gasteiger partial charge on any atom is 0.243 e. The first-order valence-corrected chi connectivity index (χ1v) is 9.99. The van der Waals surface area contributed by atoms with Crippen LogP contribution < -0.4 is 15.4 Å². The van der Waals surface area contributed by atoms with Crippen LogP contribution in [0.1, 0.15) is 11.8 Å². The van der Waals surface area contributed by atoms with Gasteiger partial charge in [0.2, 0.25) is 5.91 Å². The van der Waals surface area contributed by atoms with E-state index in [-0.39, 0.29) is 48.3 Å². The smallest absolute Gasteiger partial charge is 0.243 e. The molecule has 1 heterocycles. The Labute approximate surface area is 192 Å². The molecule has 0 saturated heterocycles. The van der Waals surface area contributed by atoms with Crippen LogP contribution in [0.4, 0.5) is 4.39 Å². The van der Waals surface area contributed by atoms with Crippen molar-refractivity contribution in [1.82, 2.24) is 15.5 Å². The first-order valence-electron chi connectivity index (χ1n) is 9.11. The molecule has 29 heavy (non-hydrogen) atoms. The van der Waals surface area contributed by atoms with Crippen LogP contribution in [0.3, 0.4) is 0 Å². The maximum absolute atomic E-state index is 13.7. The molecule has 9 heteroatoms. The van der Waals surface area contributed by atoms with E-state index in [4.69, 9.17) is 4.74 Å². The predicted molar refractivity (Wildman–Crippen MR) is 127 cm³/mol. The van der Waals surface area contributed by atoms with Crippen molar-refractivity contribution in [1.29, 1.82) is 0 Å². The Morgan fingerprint density at radius 3 is 2.66 bits per heavy atom. The highest BCUT2D eigenvalue weighted by Crippen LogP contribution is 2.16. The summed E-state index contributed by atoms with van der Waals surface area (Å²) >= 11 is 1.70. The van der Waals surface area contributed by atoms with Gasteiger partial charge in [0.25, 0.3) is 0 Å². The van der Waals surface area contributed by atoms with Crippen molar-refractivity contribution >= 4 is 47.2 Å². The summed E-state index contributed by atoms with van der Waals surface area (Å²) in [5, 5.41) is 8.43. The second-order valence-electron chi connectivity index (χ2n) is 6.45. The Hall–Kier alpha value is -1.88. The zero-order valence-corrected chi connectivity index (χ0v) is 20.0. The summed E-state index contributed by atoms with van der Waals surface area (Å²) in [5.41, 5.74) is 0. The predicted octanol–water partition coefficient (Wildman–Crippen LogP) is 3.14. The average molecular weight is 534 g/mol. The molecule has 1 unspecified atom stereocenters. The number of ether oxygens (including phenoxy) is 1. The summed E-state index contributed by atoms with van der Waals surface area (Å²) in [7, 11) is 3.39. The minimum absolute atomic E-state index is 0. The van der Waals surface area contributed by atoms with Gasteiger partial charge in [0, 0.05) is 25.5 Å². The number of rotatable bonds is 9. The van der Waals surface area contributed by atoms with Crippen LogP contribution in [0.2, 0.25) is 0 Å². The van der Waals surface area contributed by atoms with Crippen molar-refractivity contribution < 1.29 is 13.9 Å². The normalized spacial score (nSPS) is 11.9. The number of hydrogen-bond donors (Lipinski definition) is 2. The fourth-order valence-corrected chi connectivity index (χ4v) is 2.97. The zero-order valence-electron chi connectivity index (χ0n) is 16.9. The highest BCUT2D eigenvalue weighted by Gasteiger charge is 2.10. The number of carbonyl (C=O) groups is 1. The number of hydrogen-bond acceptors (Lipinski definition) is 4. The summed E-state index contributed by atoms with van der Waals surface area (Å²) < 4.78 is 19.3. The van der Waals surface area contributed by atoms with Crippen molar-refractivity contribution in [2.75, 3.05) is 33.7 Å². The van der Waals surface area contributed by atoms with E-state index in [2.05, 4.69) is 21.7 Å². The second-order valence-corrected chi connectivity index (χ2v) is 7.48. The number of likely N-dealkylation sites (N-methyl/N-ethyl adjacent to an activating group) is 1. The van der Waals surface area contributed by atoms with Gasteiger partial charge in [-0.1, -0.05) is 18.2 Å². The van der Waals surface area contributed by atoms with Crippen LogP contribution >= 0.6 is 35.3 Å². The Morgan fingerprint density at radius 1 is 1.24 bits per heavy atom. The first-order chi connectivity index (χ1) is 13.5. The van der Waals surface area contributed by atoms with Gasteiger partial charge in [-0.05, 0) is 36.9 Å². The van der Waals surface area contributed by atoms with Crippen molar-refractivity contribution in [3.8, 4) is 5.75 Å². The number of guanidine groups is 1. The molecule has 1 amide bonds. The van der Waals surface area contributed by atoms with E-state index < -0.39 is 5.82 Å². The first kappa shape index (κ1) is 25.2. The van der Waals surface area contributed by atoms with Crippen LogP contribution in [-0.4, -0.2) is 56.6 Å². The van der Waals surface area contributed by atoms with Gasteiger partial charge in [0.1, 0.15) is 12.6 Å². The van der Waals surface area contributed by atoms with Gasteiger partial charge in [0.05, 0.1) is 6.54 Å². The number of carbonyl (C=O) groups excluding carboxylic acids is 1. The molecule has 0 radical (unpaired) electrons. The molecule has 160 valence electrons. The fraction of sp³-hybridized carbons (Fsp3) is 0.400. The van der Waals surface area contributed by atoms with E-state index in [0.717, 1.165) is 6.42 Å². The van der Waals surface area contributed by atoms with Crippen LogP contribution in [0.25, 0.3) is 0 Å². The number of nitrogens with one attached hydrogen (secondary N) is 2. The lowest BCUT2D eigenvalue weighted by Crippen LogP contribution is -2.43.